The van der Waals surface area contributed by atoms with Gasteiger partial charge in [-0.15, -0.1) is 0 Å². The van der Waals surface area contributed by atoms with E-state index in [2.05, 4.69) is 111 Å². The number of rotatable bonds is 6. The van der Waals surface area contributed by atoms with Gasteiger partial charge < -0.3 is 32.0 Å². The van der Waals surface area contributed by atoms with Crippen molar-refractivity contribution in [2.24, 2.45) is 0 Å². The first-order valence-electron chi connectivity index (χ1n) is 14.5. The molecule has 2 aromatic carbocycles. The number of benzene rings is 2. The van der Waals surface area contributed by atoms with Crippen LogP contribution in [0, 0.1) is 7.14 Å². The van der Waals surface area contributed by atoms with E-state index in [0.29, 0.717) is 15.9 Å². The quantitative estimate of drug-likeness (QED) is 0.102. The lowest BCUT2D eigenvalue weighted by Crippen LogP contribution is -2.35. The molecule has 2 fully saturated rings. The lowest BCUT2D eigenvalue weighted by molar-refractivity contribution is 0.0342. The third-order valence-electron chi connectivity index (χ3n) is 6.91. The molecule has 7 N–H and O–H groups in total. The minimum Gasteiger partial charge on any atom is -0.398 e. The number of nitrogens with two attached hydrogens (primary N) is 3. The molecule has 2 aromatic heterocycles. The summed E-state index contributed by atoms with van der Waals surface area (Å²) in [5.74, 6) is 0.839. The van der Waals surface area contributed by atoms with Gasteiger partial charge in [0.15, 0.2) is 11.0 Å². The van der Waals surface area contributed by atoms with E-state index in [1.165, 1.54) is 27.1 Å². The highest BCUT2D eigenvalue weighted by Crippen LogP contribution is 2.28. The van der Waals surface area contributed by atoms with Gasteiger partial charge in [0.05, 0.1) is 43.8 Å². The molecule has 0 aliphatic carbocycles. The second-order valence-electron chi connectivity index (χ2n) is 10.3. The van der Waals surface area contributed by atoms with Gasteiger partial charge in [0, 0.05) is 57.8 Å². The molecule has 0 radical (unpaired) electrons. The first-order valence-corrected chi connectivity index (χ1v) is 17.8. The number of morpholine rings is 2. The molecule has 4 heterocycles. The van der Waals surface area contributed by atoms with Gasteiger partial charge in [-0.3, -0.25) is 9.80 Å². The number of halogens is 5. The van der Waals surface area contributed by atoms with Crippen molar-refractivity contribution in [1.29, 1.82) is 0 Å². The maximum Gasteiger partial charge on any atom is 0.222 e. The van der Waals surface area contributed by atoms with Crippen LogP contribution < -0.4 is 22.5 Å². The zero-order valence-electron chi connectivity index (χ0n) is 25.3. The molecule has 47 heavy (non-hydrogen) atoms. The van der Waals surface area contributed by atoms with Crippen LogP contribution >= 0.6 is 80.0 Å². The summed E-state index contributed by atoms with van der Waals surface area (Å²) < 4.78 is 13.0. The molecule has 17 heteroatoms. The summed E-state index contributed by atoms with van der Waals surface area (Å²) in [5, 5.41) is 4.22. The van der Waals surface area contributed by atoms with E-state index < -0.39 is 0 Å². The Bertz CT molecular complexity index is 1610. The van der Waals surface area contributed by atoms with Gasteiger partial charge in [0.1, 0.15) is 5.02 Å². The number of anilines is 5. The Hall–Kier alpha value is -2.03. The molecule has 252 valence electrons. The fraction of sp³-hybridized carbons (Fsp3) is 0.333. The van der Waals surface area contributed by atoms with Crippen LogP contribution in [-0.4, -0.2) is 82.3 Å². The Morgan fingerprint density at radius 2 is 1.21 bits per heavy atom. The standard InChI is InChI=1S/C15H17ClIN5O.C11H15IN2O.C4H3Cl2N3/c16-12-8-19-15(18)21-14(12)20-13-7-11(17)2-1-10(13)9-22-3-5-23-6-4-22;12-10-2-1-9(11(13)7-10)8-14-3-5-15-6-4-14;5-2-1-8-4(7)9-3(2)6/h1-2,7-8H,3-6,9H2,(H3,18,19,20,21);1-2,7H,3-6,8,13H2;1H,(H2,7,8,9). The molecule has 0 atom stereocenters. The molecule has 0 saturated carbocycles. The van der Waals surface area contributed by atoms with Crippen LogP contribution in [-0.2, 0) is 22.6 Å². The van der Waals surface area contributed by atoms with E-state index in [-0.39, 0.29) is 17.0 Å². The van der Waals surface area contributed by atoms with Crippen molar-refractivity contribution in [1.82, 2.24) is 29.7 Å². The lowest BCUT2D eigenvalue weighted by atomic mass is 10.1. The maximum atomic E-state index is 6.16. The summed E-state index contributed by atoms with van der Waals surface area (Å²) in [7, 11) is 0. The van der Waals surface area contributed by atoms with Gasteiger partial charge >= 0.3 is 0 Å². The maximum absolute atomic E-state index is 6.16. The van der Waals surface area contributed by atoms with Gasteiger partial charge in [0.25, 0.3) is 0 Å². The van der Waals surface area contributed by atoms with Crippen molar-refractivity contribution in [2.75, 3.05) is 75.1 Å². The highest BCUT2D eigenvalue weighted by molar-refractivity contribution is 14.1. The summed E-state index contributed by atoms with van der Waals surface area (Å²) in [6, 6.07) is 12.5. The third kappa shape index (κ3) is 12.7. The molecule has 0 spiro atoms. The average molecular weight is 928 g/mol. The molecule has 12 nitrogen and oxygen atoms in total. The minimum absolute atomic E-state index is 0.129. The fourth-order valence-electron chi connectivity index (χ4n) is 4.47. The normalized spacial score (nSPS) is 15.2. The Labute approximate surface area is 316 Å². The summed E-state index contributed by atoms with van der Waals surface area (Å²) in [4.78, 5) is 20.0. The smallest absolute Gasteiger partial charge is 0.222 e. The van der Waals surface area contributed by atoms with Crippen LogP contribution in [0.2, 0.25) is 15.2 Å². The minimum atomic E-state index is 0.129. The fourth-order valence-corrected chi connectivity index (χ4v) is 5.84. The van der Waals surface area contributed by atoms with Crippen molar-refractivity contribution < 1.29 is 9.47 Å². The molecule has 2 aliphatic rings. The number of aromatic nitrogens is 4. The zero-order chi connectivity index (χ0) is 33.8. The lowest BCUT2D eigenvalue weighted by Gasteiger charge is -2.27. The first kappa shape index (κ1) is 37.8. The van der Waals surface area contributed by atoms with Crippen molar-refractivity contribution in [3.63, 3.8) is 0 Å². The summed E-state index contributed by atoms with van der Waals surface area (Å²) in [6.45, 7) is 8.90. The zero-order valence-corrected chi connectivity index (χ0v) is 31.9. The number of hydrogen-bond donors (Lipinski definition) is 4. The number of nitrogens with one attached hydrogen (secondary N) is 1. The van der Waals surface area contributed by atoms with Crippen LogP contribution in [0.3, 0.4) is 0 Å². The predicted octanol–water partition coefficient (Wildman–Crippen LogP) is 5.96. The predicted molar refractivity (Wildman–Crippen MR) is 206 cm³/mol. The van der Waals surface area contributed by atoms with Crippen molar-refractivity contribution >= 4 is 109 Å². The van der Waals surface area contributed by atoms with Crippen LogP contribution in [0.1, 0.15) is 11.1 Å². The molecule has 2 aliphatic heterocycles. The van der Waals surface area contributed by atoms with E-state index in [9.17, 15) is 0 Å². The Morgan fingerprint density at radius 3 is 1.77 bits per heavy atom. The second-order valence-corrected chi connectivity index (χ2v) is 14.0. The SMILES string of the molecule is Nc1cc(I)ccc1CN1CCOCC1.Nc1ncc(Cl)c(Cl)n1.Nc1ncc(Cl)c(Nc2cc(I)ccc2CN2CCOCC2)n1. The van der Waals surface area contributed by atoms with Crippen molar-refractivity contribution in [3.05, 3.63) is 82.3 Å². The summed E-state index contributed by atoms with van der Waals surface area (Å²) in [6.07, 6.45) is 2.86. The monoisotopic (exact) mass is 926 g/mol. The highest BCUT2D eigenvalue weighted by Gasteiger charge is 2.15. The Morgan fingerprint density at radius 1 is 0.702 bits per heavy atom. The Balaban J connectivity index is 0.000000178. The highest BCUT2D eigenvalue weighted by atomic mass is 127. The topological polar surface area (TPSA) is 167 Å². The molecular weight excluding hydrogens is 893 g/mol. The molecule has 6 rings (SSSR count). The van der Waals surface area contributed by atoms with Crippen molar-refractivity contribution in [2.45, 2.75) is 13.1 Å². The van der Waals surface area contributed by atoms with Crippen LogP contribution in [0.4, 0.5) is 29.1 Å². The summed E-state index contributed by atoms with van der Waals surface area (Å²) >= 11 is 21.6. The molecule has 0 unspecified atom stereocenters. The summed E-state index contributed by atoms with van der Waals surface area (Å²) in [5.41, 5.74) is 21.1. The Kier molecular flexibility index (Phi) is 15.5. The number of hydrogen-bond acceptors (Lipinski definition) is 12. The number of nitrogen functional groups attached to an aromatic ring is 3. The van der Waals surface area contributed by atoms with E-state index in [4.69, 9.17) is 61.5 Å². The first-order chi connectivity index (χ1) is 22.6. The molecular formula is C30H35Cl3I2N10O2. The largest absolute Gasteiger partial charge is 0.398 e. The van der Waals surface area contributed by atoms with Crippen molar-refractivity contribution in [3.8, 4) is 0 Å². The van der Waals surface area contributed by atoms with Crippen LogP contribution in [0.25, 0.3) is 0 Å². The number of nitrogens with zero attached hydrogens (tertiary/aromatic N) is 6. The van der Waals surface area contributed by atoms with Gasteiger partial charge in [0.2, 0.25) is 11.9 Å². The molecule has 0 bridgehead atoms. The molecule has 0 amide bonds. The van der Waals surface area contributed by atoms with E-state index >= 15 is 0 Å². The van der Waals surface area contributed by atoms with Gasteiger partial charge in [-0.1, -0.05) is 46.9 Å². The average Bonchev–Trinajstić information content (AvgIpc) is 3.05. The number of ether oxygens (including phenoxy) is 2. The van der Waals surface area contributed by atoms with E-state index in [1.807, 2.05) is 6.07 Å². The molecule has 2 saturated heterocycles. The second kappa shape index (κ2) is 19.2. The van der Waals surface area contributed by atoms with E-state index in [1.54, 1.807) is 0 Å². The van der Waals surface area contributed by atoms with Gasteiger partial charge in [-0.05, 0) is 80.6 Å². The van der Waals surface area contributed by atoms with Gasteiger partial charge in [-0.2, -0.15) is 9.97 Å². The molecule has 4 aromatic rings. The van der Waals surface area contributed by atoms with Crippen LogP contribution in [0.15, 0.2) is 48.8 Å². The van der Waals surface area contributed by atoms with Crippen LogP contribution in [0.5, 0.6) is 0 Å². The van der Waals surface area contributed by atoms with Gasteiger partial charge in [-0.25, -0.2) is 9.97 Å². The van der Waals surface area contributed by atoms with E-state index in [0.717, 1.165) is 80.6 Å². The third-order valence-corrected chi connectivity index (χ3v) is 9.19.